The average Bonchev–Trinajstić information content (AvgIpc) is 2.87. The fraction of sp³-hybridized carbons (Fsp3) is 0.412. The van der Waals surface area contributed by atoms with Crippen LogP contribution in [0.25, 0.3) is 0 Å². The Morgan fingerprint density at radius 2 is 1.96 bits per heavy atom. The standard InChI is InChI=1S/C17H24N4S2.HI/c1-12(22-15-8-6-5-7-9-15)10-19-17(18-4)20-11-16-21-13(2)14(3)23-16;/h5-9,12H,10-11H2,1-4H3,(H2,18,19,20);1H. The maximum Gasteiger partial charge on any atom is 0.191 e. The molecule has 0 spiro atoms. The summed E-state index contributed by atoms with van der Waals surface area (Å²) < 4.78 is 0. The van der Waals surface area contributed by atoms with Crippen molar-refractivity contribution in [3.8, 4) is 0 Å². The second kappa shape index (κ2) is 10.9. The number of nitrogens with one attached hydrogen (secondary N) is 2. The van der Waals surface area contributed by atoms with Gasteiger partial charge in [-0.2, -0.15) is 0 Å². The van der Waals surface area contributed by atoms with Gasteiger partial charge in [0.2, 0.25) is 0 Å². The largest absolute Gasteiger partial charge is 0.355 e. The van der Waals surface area contributed by atoms with Crippen molar-refractivity contribution in [3.05, 3.63) is 45.9 Å². The molecule has 1 atom stereocenters. The van der Waals surface area contributed by atoms with E-state index >= 15 is 0 Å². The van der Waals surface area contributed by atoms with Crippen LogP contribution in [0.4, 0.5) is 0 Å². The predicted octanol–water partition coefficient (Wildman–Crippen LogP) is 4.22. The van der Waals surface area contributed by atoms with Gasteiger partial charge in [0.1, 0.15) is 5.01 Å². The molecule has 24 heavy (non-hydrogen) atoms. The highest BCUT2D eigenvalue weighted by atomic mass is 127. The molecule has 2 rings (SSSR count). The summed E-state index contributed by atoms with van der Waals surface area (Å²) in [6, 6.07) is 10.5. The minimum atomic E-state index is 0. The maximum atomic E-state index is 4.54. The van der Waals surface area contributed by atoms with Gasteiger partial charge >= 0.3 is 0 Å². The number of thioether (sulfide) groups is 1. The second-order valence-corrected chi connectivity index (χ2v) is 8.10. The molecule has 2 aromatic rings. The maximum absolute atomic E-state index is 4.54. The van der Waals surface area contributed by atoms with Gasteiger partial charge in [0.25, 0.3) is 0 Å². The third kappa shape index (κ3) is 6.98. The molecule has 7 heteroatoms. The molecular formula is C17H25IN4S2. The quantitative estimate of drug-likeness (QED) is 0.284. The summed E-state index contributed by atoms with van der Waals surface area (Å²) in [4.78, 5) is 11.4. The molecule has 0 aliphatic carbocycles. The topological polar surface area (TPSA) is 49.3 Å². The number of hydrogen-bond acceptors (Lipinski definition) is 4. The van der Waals surface area contributed by atoms with Crippen LogP contribution in [-0.4, -0.2) is 29.8 Å². The zero-order chi connectivity index (χ0) is 16.7. The Labute approximate surface area is 170 Å². The van der Waals surface area contributed by atoms with E-state index in [1.807, 2.05) is 24.8 Å². The second-order valence-electron chi connectivity index (χ2n) is 5.30. The van der Waals surface area contributed by atoms with E-state index in [2.05, 4.69) is 58.7 Å². The molecule has 0 aliphatic rings. The lowest BCUT2D eigenvalue weighted by Gasteiger charge is -2.15. The number of nitrogens with zero attached hydrogens (tertiary/aromatic N) is 2. The highest BCUT2D eigenvalue weighted by Crippen LogP contribution is 2.21. The lowest BCUT2D eigenvalue weighted by molar-refractivity contribution is 0.786. The Balaban J connectivity index is 0.00000288. The van der Waals surface area contributed by atoms with Crippen LogP contribution in [0.15, 0.2) is 40.2 Å². The predicted molar refractivity (Wildman–Crippen MR) is 117 cm³/mol. The highest BCUT2D eigenvalue weighted by Gasteiger charge is 2.07. The van der Waals surface area contributed by atoms with Gasteiger partial charge in [-0.1, -0.05) is 25.1 Å². The van der Waals surface area contributed by atoms with Gasteiger partial charge in [-0.25, -0.2) is 4.98 Å². The van der Waals surface area contributed by atoms with Crippen LogP contribution >= 0.6 is 47.1 Å². The van der Waals surface area contributed by atoms with E-state index in [1.54, 1.807) is 18.4 Å². The molecule has 0 saturated carbocycles. The summed E-state index contributed by atoms with van der Waals surface area (Å²) in [7, 11) is 1.79. The molecule has 0 amide bonds. The zero-order valence-corrected chi connectivity index (χ0v) is 18.5. The Kier molecular flexibility index (Phi) is 9.68. The van der Waals surface area contributed by atoms with Gasteiger partial charge in [-0.05, 0) is 26.0 Å². The fourth-order valence-corrected chi connectivity index (χ4v) is 3.83. The van der Waals surface area contributed by atoms with Gasteiger partial charge in [0, 0.05) is 28.6 Å². The highest BCUT2D eigenvalue weighted by molar-refractivity contribution is 14.0. The van der Waals surface area contributed by atoms with E-state index in [0.29, 0.717) is 11.8 Å². The molecule has 0 radical (unpaired) electrons. The van der Waals surface area contributed by atoms with E-state index in [0.717, 1.165) is 23.2 Å². The molecule has 0 fully saturated rings. The number of thiazole rings is 1. The van der Waals surface area contributed by atoms with E-state index in [1.165, 1.54) is 9.77 Å². The van der Waals surface area contributed by atoms with Crippen LogP contribution < -0.4 is 10.6 Å². The van der Waals surface area contributed by atoms with Crippen molar-refractivity contribution in [2.45, 2.75) is 37.5 Å². The first kappa shape index (κ1) is 21.2. The number of guanidine groups is 1. The molecule has 1 aromatic heterocycles. The zero-order valence-electron chi connectivity index (χ0n) is 14.5. The molecule has 132 valence electrons. The number of halogens is 1. The van der Waals surface area contributed by atoms with Crippen LogP contribution in [0.2, 0.25) is 0 Å². The number of hydrogen-bond donors (Lipinski definition) is 2. The molecule has 1 aromatic carbocycles. The number of benzene rings is 1. The van der Waals surface area contributed by atoms with Gasteiger partial charge in [0.15, 0.2) is 5.96 Å². The van der Waals surface area contributed by atoms with Crippen LogP contribution in [0.5, 0.6) is 0 Å². The van der Waals surface area contributed by atoms with E-state index < -0.39 is 0 Å². The van der Waals surface area contributed by atoms with Crippen molar-refractivity contribution < 1.29 is 0 Å². The van der Waals surface area contributed by atoms with Crippen LogP contribution in [0.1, 0.15) is 22.5 Å². The van der Waals surface area contributed by atoms with Gasteiger partial charge < -0.3 is 10.6 Å². The summed E-state index contributed by atoms with van der Waals surface area (Å²) in [5.41, 5.74) is 1.11. The summed E-state index contributed by atoms with van der Waals surface area (Å²) >= 11 is 3.59. The molecule has 0 bridgehead atoms. The molecule has 0 saturated heterocycles. The smallest absolute Gasteiger partial charge is 0.191 e. The van der Waals surface area contributed by atoms with E-state index in [-0.39, 0.29) is 24.0 Å². The average molecular weight is 476 g/mol. The van der Waals surface area contributed by atoms with E-state index in [9.17, 15) is 0 Å². The monoisotopic (exact) mass is 476 g/mol. The Morgan fingerprint density at radius 3 is 2.54 bits per heavy atom. The first-order valence-corrected chi connectivity index (χ1v) is 9.37. The number of aromatic nitrogens is 1. The van der Waals surface area contributed by atoms with Gasteiger partial charge in [0.05, 0.1) is 12.2 Å². The minimum Gasteiger partial charge on any atom is -0.355 e. The lowest BCUT2D eigenvalue weighted by atomic mass is 10.4. The number of aliphatic imine (C=N–C) groups is 1. The molecular weight excluding hydrogens is 451 g/mol. The van der Waals surface area contributed by atoms with Crippen molar-refractivity contribution in [1.29, 1.82) is 0 Å². The summed E-state index contributed by atoms with van der Waals surface area (Å²) in [5, 5.41) is 8.25. The lowest BCUT2D eigenvalue weighted by Crippen LogP contribution is -2.39. The first-order chi connectivity index (χ1) is 11.1. The Hall–Kier alpha value is -0.800. The minimum absolute atomic E-state index is 0. The number of aryl methyl sites for hydroxylation is 2. The third-order valence-corrected chi connectivity index (χ3v) is 5.53. The number of rotatable bonds is 6. The first-order valence-electron chi connectivity index (χ1n) is 7.67. The van der Waals surface area contributed by atoms with Crippen molar-refractivity contribution >= 4 is 53.0 Å². The van der Waals surface area contributed by atoms with Crippen molar-refractivity contribution in [2.24, 2.45) is 4.99 Å². The van der Waals surface area contributed by atoms with E-state index in [4.69, 9.17) is 0 Å². The Morgan fingerprint density at radius 1 is 1.25 bits per heavy atom. The van der Waals surface area contributed by atoms with Gasteiger partial charge in [-0.15, -0.1) is 47.1 Å². The third-order valence-electron chi connectivity index (χ3n) is 3.34. The summed E-state index contributed by atoms with van der Waals surface area (Å²) in [6.07, 6.45) is 0. The molecule has 1 heterocycles. The molecule has 4 nitrogen and oxygen atoms in total. The van der Waals surface area contributed by atoms with Crippen LogP contribution in [-0.2, 0) is 6.54 Å². The van der Waals surface area contributed by atoms with Crippen LogP contribution in [0, 0.1) is 13.8 Å². The SMILES string of the molecule is CN=C(NCc1nc(C)c(C)s1)NCC(C)Sc1ccccc1.I. The summed E-state index contributed by atoms with van der Waals surface area (Å²) in [6.45, 7) is 7.93. The molecule has 0 aliphatic heterocycles. The Bertz CT molecular complexity index is 624. The fourth-order valence-electron chi connectivity index (χ4n) is 2.01. The van der Waals surface area contributed by atoms with Gasteiger partial charge in [-0.3, -0.25) is 4.99 Å². The van der Waals surface area contributed by atoms with Crippen molar-refractivity contribution in [2.75, 3.05) is 13.6 Å². The van der Waals surface area contributed by atoms with Crippen molar-refractivity contribution in [3.63, 3.8) is 0 Å². The molecule has 1 unspecified atom stereocenters. The summed E-state index contributed by atoms with van der Waals surface area (Å²) in [5.74, 6) is 0.816. The normalized spacial score (nSPS) is 12.4. The van der Waals surface area contributed by atoms with Crippen LogP contribution in [0.3, 0.4) is 0 Å². The molecule has 2 N–H and O–H groups in total. The van der Waals surface area contributed by atoms with Crippen molar-refractivity contribution in [1.82, 2.24) is 15.6 Å².